The lowest BCUT2D eigenvalue weighted by atomic mass is 10.2. The zero-order valence-electron chi connectivity index (χ0n) is 10.4. The molecule has 0 bridgehead atoms. The van der Waals surface area contributed by atoms with Gasteiger partial charge < -0.3 is 9.67 Å². The largest absolute Gasteiger partial charge is 0.477 e. The highest BCUT2D eigenvalue weighted by atomic mass is 16.4. The molecule has 3 rings (SSSR count). The fraction of sp³-hybridized carbons (Fsp3) is 0.154. The Hall–Kier alpha value is -2.81. The van der Waals surface area contributed by atoms with E-state index in [9.17, 15) is 9.90 Å². The summed E-state index contributed by atoms with van der Waals surface area (Å²) < 4.78 is 3.31. The van der Waals surface area contributed by atoms with E-state index >= 15 is 0 Å². The highest BCUT2D eigenvalue weighted by Gasteiger charge is 2.21. The maximum atomic E-state index is 11.4. The van der Waals surface area contributed by atoms with E-state index in [4.69, 9.17) is 5.26 Å². The van der Waals surface area contributed by atoms with Gasteiger partial charge in [-0.2, -0.15) is 5.26 Å². The molecule has 0 atom stereocenters. The number of nitriles is 1. The first-order valence-corrected chi connectivity index (χ1v) is 5.65. The van der Waals surface area contributed by atoms with Crippen LogP contribution in [0.1, 0.15) is 21.7 Å². The van der Waals surface area contributed by atoms with Gasteiger partial charge in [0.05, 0.1) is 22.7 Å². The first-order valence-electron chi connectivity index (χ1n) is 5.65. The summed E-state index contributed by atoms with van der Waals surface area (Å²) in [6, 6.07) is 7.10. The van der Waals surface area contributed by atoms with Gasteiger partial charge in [-0.3, -0.25) is 4.40 Å². The van der Waals surface area contributed by atoms with Crippen molar-refractivity contribution < 1.29 is 9.90 Å². The molecule has 94 valence electrons. The molecule has 2 heterocycles. The van der Waals surface area contributed by atoms with Crippen LogP contribution in [-0.2, 0) is 7.05 Å². The number of hydrogen-bond acceptors (Lipinski definition) is 3. The molecule has 0 unspecified atom stereocenters. The van der Waals surface area contributed by atoms with Gasteiger partial charge in [0, 0.05) is 12.7 Å². The molecule has 2 aromatic heterocycles. The standard InChI is InChI=1S/C13H10N4O2/c1-7-11(12(18)19)17-10-5-8(6-14)3-4-9(10)15-13(17)16(7)2/h3-5H,1-2H3,(H,18,19). The van der Waals surface area contributed by atoms with Gasteiger partial charge >= 0.3 is 5.97 Å². The molecular weight excluding hydrogens is 244 g/mol. The number of carbonyl (C=O) groups is 1. The van der Waals surface area contributed by atoms with Crippen molar-refractivity contribution in [3.05, 3.63) is 35.2 Å². The van der Waals surface area contributed by atoms with Crippen molar-refractivity contribution in [2.24, 2.45) is 7.05 Å². The van der Waals surface area contributed by atoms with Gasteiger partial charge in [-0.15, -0.1) is 0 Å². The Bertz CT molecular complexity index is 880. The monoisotopic (exact) mass is 254 g/mol. The second-order valence-corrected chi connectivity index (χ2v) is 4.36. The van der Waals surface area contributed by atoms with E-state index in [1.165, 1.54) is 0 Å². The van der Waals surface area contributed by atoms with Crippen LogP contribution in [0.3, 0.4) is 0 Å². The lowest BCUT2D eigenvalue weighted by molar-refractivity contribution is 0.0688. The molecule has 19 heavy (non-hydrogen) atoms. The van der Waals surface area contributed by atoms with Crippen LogP contribution >= 0.6 is 0 Å². The number of imidazole rings is 2. The molecule has 0 fully saturated rings. The number of nitrogens with zero attached hydrogens (tertiary/aromatic N) is 4. The van der Waals surface area contributed by atoms with Crippen molar-refractivity contribution in [2.75, 3.05) is 0 Å². The second kappa shape index (κ2) is 3.59. The molecule has 0 aliphatic carbocycles. The number of carboxylic acid groups (broad SMARTS) is 1. The summed E-state index contributed by atoms with van der Waals surface area (Å²) in [5, 5.41) is 18.3. The number of aromatic carboxylic acids is 1. The average molecular weight is 254 g/mol. The van der Waals surface area contributed by atoms with Crippen LogP contribution in [0, 0.1) is 18.3 Å². The third kappa shape index (κ3) is 1.35. The maximum Gasteiger partial charge on any atom is 0.354 e. The third-order valence-electron chi connectivity index (χ3n) is 3.34. The topological polar surface area (TPSA) is 83.3 Å². The van der Waals surface area contributed by atoms with E-state index in [1.807, 2.05) is 6.07 Å². The number of aryl methyl sites for hydroxylation is 1. The number of fused-ring (bicyclic) bond motifs is 3. The predicted molar refractivity (Wildman–Crippen MR) is 68.1 cm³/mol. The van der Waals surface area contributed by atoms with Crippen LogP contribution in [0.4, 0.5) is 0 Å². The van der Waals surface area contributed by atoms with Gasteiger partial charge in [0.1, 0.15) is 0 Å². The molecule has 0 amide bonds. The molecule has 0 aliphatic heterocycles. The fourth-order valence-corrected chi connectivity index (χ4v) is 2.30. The van der Waals surface area contributed by atoms with Gasteiger partial charge in [-0.05, 0) is 25.1 Å². The Morgan fingerprint density at radius 3 is 2.84 bits per heavy atom. The normalized spacial score (nSPS) is 11.0. The van der Waals surface area contributed by atoms with Crippen LogP contribution in [0.5, 0.6) is 0 Å². The minimum atomic E-state index is -1.01. The molecule has 3 aromatic rings. The SMILES string of the molecule is Cc1c(C(=O)O)n2c3cc(C#N)ccc3nc2n1C. The summed E-state index contributed by atoms with van der Waals surface area (Å²) >= 11 is 0. The number of rotatable bonds is 1. The summed E-state index contributed by atoms with van der Waals surface area (Å²) in [6.07, 6.45) is 0. The Balaban J connectivity index is 2.57. The number of carboxylic acids is 1. The van der Waals surface area contributed by atoms with E-state index in [1.54, 1.807) is 41.1 Å². The Labute approximate surface area is 108 Å². The van der Waals surface area contributed by atoms with Gasteiger partial charge in [0.2, 0.25) is 5.78 Å². The summed E-state index contributed by atoms with van der Waals surface area (Å²) in [7, 11) is 1.77. The van der Waals surface area contributed by atoms with E-state index in [2.05, 4.69) is 4.98 Å². The summed E-state index contributed by atoms with van der Waals surface area (Å²) in [5.41, 5.74) is 2.59. The van der Waals surface area contributed by atoms with Crippen molar-refractivity contribution in [2.45, 2.75) is 6.92 Å². The zero-order valence-corrected chi connectivity index (χ0v) is 10.4. The van der Waals surface area contributed by atoms with Crippen LogP contribution in [0.15, 0.2) is 18.2 Å². The van der Waals surface area contributed by atoms with E-state index < -0.39 is 5.97 Å². The first-order chi connectivity index (χ1) is 9.04. The molecule has 0 saturated heterocycles. The molecule has 0 saturated carbocycles. The second-order valence-electron chi connectivity index (χ2n) is 4.36. The highest BCUT2D eigenvalue weighted by molar-refractivity contribution is 5.92. The van der Waals surface area contributed by atoms with E-state index in [-0.39, 0.29) is 5.69 Å². The first kappa shape index (κ1) is 11.3. The van der Waals surface area contributed by atoms with Crippen LogP contribution < -0.4 is 0 Å². The predicted octanol–water partition coefficient (Wildman–Crippen LogP) is 1.70. The van der Waals surface area contributed by atoms with Gasteiger partial charge in [0.15, 0.2) is 5.69 Å². The van der Waals surface area contributed by atoms with Crippen molar-refractivity contribution in [3.8, 4) is 6.07 Å². The van der Waals surface area contributed by atoms with E-state index in [0.29, 0.717) is 28.1 Å². The molecule has 0 radical (unpaired) electrons. The average Bonchev–Trinajstić information content (AvgIpc) is 2.86. The van der Waals surface area contributed by atoms with E-state index in [0.717, 1.165) is 0 Å². The molecule has 0 aliphatic rings. The van der Waals surface area contributed by atoms with Crippen LogP contribution in [0.25, 0.3) is 16.8 Å². The van der Waals surface area contributed by atoms with Gasteiger partial charge in [-0.1, -0.05) is 0 Å². The van der Waals surface area contributed by atoms with Crippen LogP contribution in [-0.4, -0.2) is 25.0 Å². The molecule has 0 spiro atoms. The number of aromatic nitrogens is 3. The Morgan fingerprint density at radius 2 is 2.21 bits per heavy atom. The van der Waals surface area contributed by atoms with Crippen molar-refractivity contribution in [1.82, 2.24) is 14.0 Å². The molecule has 6 heteroatoms. The van der Waals surface area contributed by atoms with Crippen molar-refractivity contribution >= 4 is 22.8 Å². The quantitative estimate of drug-likeness (QED) is 0.716. The summed E-state index contributed by atoms with van der Waals surface area (Å²) in [6.45, 7) is 1.73. The van der Waals surface area contributed by atoms with Crippen LogP contribution in [0.2, 0.25) is 0 Å². The Morgan fingerprint density at radius 1 is 1.47 bits per heavy atom. The molecule has 1 N–H and O–H groups in total. The summed E-state index contributed by atoms with van der Waals surface area (Å²) in [4.78, 5) is 15.8. The van der Waals surface area contributed by atoms with Crippen molar-refractivity contribution in [1.29, 1.82) is 5.26 Å². The fourth-order valence-electron chi connectivity index (χ4n) is 2.30. The minimum absolute atomic E-state index is 0.176. The zero-order chi connectivity index (χ0) is 13.7. The molecule has 6 nitrogen and oxygen atoms in total. The van der Waals surface area contributed by atoms with Gasteiger partial charge in [0.25, 0.3) is 0 Å². The lowest BCUT2D eigenvalue weighted by Gasteiger charge is -1.97. The third-order valence-corrected chi connectivity index (χ3v) is 3.34. The van der Waals surface area contributed by atoms with Gasteiger partial charge in [-0.25, -0.2) is 9.78 Å². The smallest absolute Gasteiger partial charge is 0.354 e. The van der Waals surface area contributed by atoms with Crippen molar-refractivity contribution in [3.63, 3.8) is 0 Å². The highest BCUT2D eigenvalue weighted by Crippen LogP contribution is 2.23. The molecular formula is C13H10N4O2. The minimum Gasteiger partial charge on any atom is -0.477 e. The lowest BCUT2D eigenvalue weighted by Crippen LogP contribution is -2.03. The Kier molecular flexibility index (Phi) is 2.13. The number of benzene rings is 1. The maximum absolute atomic E-state index is 11.4. The number of hydrogen-bond donors (Lipinski definition) is 1. The molecule has 1 aromatic carbocycles. The summed E-state index contributed by atoms with van der Waals surface area (Å²) in [5.74, 6) is -0.454.